The molecule has 20 heavy (non-hydrogen) atoms. The molecule has 1 heterocycles. The number of pyridine rings is 1. The lowest BCUT2D eigenvalue weighted by Crippen LogP contribution is -2.01. The number of hydrogen-bond donors (Lipinski definition) is 1. The molecule has 6 heteroatoms. The van der Waals surface area contributed by atoms with Crippen LogP contribution in [0.5, 0.6) is 5.75 Å². The van der Waals surface area contributed by atoms with E-state index < -0.39 is 10.8 Å². The molecule has 0 saturated heterocycles. The number of aryl methyl sites for hydroxylation is 1. The standard InChI is InChI=1S/C14H15ClN2O2S/c1-9-5-11(19-2)6-10(17-9)8-20(18)12-3-4-14(16)13(15)7-12/h3-7H,8,16H2,1-2H3. The average molecular weight is 311 g/mol. The Morgan fingerprint density at radius 1 is 1.35 bits per heavy atom. The Morgan fingerprint density at radius 3 is 2.75 bits per heavy atom. The van der Waals surface area contributed by atoms with Gasteiger partial charge in [0.2, 0.25) is 0 Å². The third-order valence-electron chi connectivity index (χ3n) is 2.73. The monoisotopic (exact) mass is 310 g/mol. The van der Waals surface area contributed by atoms with Gasteiger partial charge in [-0.3, -0.25) is 9.19 Å². The highest BCUT2D eigenvalue weighted by Gasteiger charge is 2.10. The number of rotatable bonds is 4. The van der Waals surface area contributed by atoms with Crippen molar-refractivity contribution in [2.24, 2.45) is 0 Å². The molecule has 0 amide bonds. The summed E-state index contributed by atoms with van der Waals surface area (Å²) in [4.78, 5) is 4.99. The van der Waals surface area contributed by atoms with Gasteiger partial charge in [0.05, 0.1) is 40.1 Å². The molecule has 2 rings (SSSR count). The van der Waals surface area contributed by atoms with Crippen LogP contribution in [0.1, 0.15) is 11.4 Å². The van der Waals surface area contributed by atoms with Gasteiger partial charge in [-0.25, -0.2) is 0 Å². The predicted octanol–water partition coefficient (Wildman–Crippen LogP) is 2.94. The van der Waals surface area contributed by atoms with Gasteiger partial charge < -0.3 is 10.5 Å². The lowest BCUT2D eigenvalue weighted by atomic mass is 10.3. The van der Waals surface area contributed by atoms with E-state index in [-0.39, 0.29) is 0 Å². The zero-order valence-corrected chi connectivity index (χ0v) is 12.8. The molecule has 1 atom stereocenters. The lowest BCUT2D eigenvalue weighted by Gasteiger charge is -2.07. The number of aromatic nitrogens is 1. The van der Waals surface area contributed by atoms with Crippen LogP contribution in [-0.2, 0) is 16.6 Å². The van der Waals surface area contributed by atoms with Gasteiger partial charge in [-0.2, -0.15) is 0 Å². The minimum atomic E-state index is -1.23. The van der Waals surface area contributed by atoms with Crippen molar-refractivity contribution in [2.45, 2.75) is 17.6 Å². The van der Waals surface area contributed by atoms with Crippen molar-refractivity contribution in [3.63, 3.8) is 0 Å². The number of methoxy groups -OCH3 is 1. The summed E-state index contributed by atoms with van der Waals surface area (Å²) in [7, 11) is 0.363. The minimum absolute atomic E-state index is 0.304. The third-order valence-corrected chi connectivity index (χ3v) is 4.39. The van der Waals surface area contributed by atoms with Gasteiger partial charge in [0, 0.05) is 22.7 Å². The summed E-state index contributed by atoms with van der Waals surface area (Å²) in [6.07, 6.45) is 0. The van der Waals surface area contributed by atoms with E-state index in [4.69, 9.17) is 22.1 Å². The first-order valence-electron chi connectivity index (χ1n) is 5.94. The van der Waals surface area contributed by atoms with Gasteiger partial charge in [0.25, 0.3) is 0 Å². The Bertz CT molecular complexity index is 662. The number of hydrogen-bond acceptors (Lipinski definition) is 4. The highest BCUT2D eigenvalue weighted by atomic mass is 35.5. The second-order valence-electron chi connectivity index (χ2n) is 4.31. The summed E-state index contributed by atoms with van der Waals surface area (Å²) in [5.74, 6) is 1.01. The number of nitrogens with two attached hydrogens (primary N) is 1. The molecule has 0 spiro atoms. The van der Waals surface area contributed by atoms with Crippen molar-refractivity contribution in [3.05, 3.63) is 46.7 Å². The Balaban J connectivity index is 2.23. The van der Waals surface area contributed by atoms with Crippen molar-refractivity contribution in [2.75, 3.05) is 12.8 Å². The molecule has 1 unspecified atom stereocenters. The quantitative estimate of drug-likeness (QED) is 0.882. The topological polar surface area (TPSA) is 65.2 Å². The Kier molecular flexibility index (Phi) is 4.62. The molecule has 0 bridgehead atoms. The molecule has 4 nitrogen and oxygen atoms in total. The maximum Gasteiger partial charge on any atom is 0.122 e. The van der Waals surface area contributed by atoms with E-state index in [1.807, 2.05) is 13.0 Å². The largest absolute Gasteiger partial charge is 0.497 e. The summed E-state index contributed by atoms with van der Waals surface area (Å²) in [6.45, 7) is 1.87. The molecule has 106 valence electrons. The summed E-state index contributed by atoms with van der Waals surface area (Å²) < 4.78 is 17.5. The van der Waals surface area contributed by atoms with Crippen LogP contribution < -0.4 is 10.5 Å². The van der Waals surface area contributed by atoms with E-state index in [9.17, 15) is 4.21 Å². The van der Waals surface area contributed by atoms with Gasteiger partial charge in [0.1, 0.15) is 5.75 Å². The lowest BCUT2D eigenvalue weighted by molar-refractivity contribution is 0.413. The van der Waals surface area contributed by atoms with Crippen LogP contribution in [-0.4, -0.2) is 16.3 Å². The van der Waals surface area contributed by atoms with E-state index in [1.165, 1.54) is 0 Å². The fourth-order valence-corrected chi connectivity index (χ4v) is 3.06. The Morgan fingerprint density at radius 2 is 2.10 bits per heavy atom. The zero-order valence-electron chi connectivity index (χ0n) is 11.2. The van der Waals surface area contributed by atoms with Gasteiger partial charge in [-0.15, -0.1) is 0 Å². The molecule has 0 aliphatic heterocycles. The maximum absolute atomic E-state index is 12.3. The number of benzene rings is 1. The second kappa shape index (κ2) is 6.24. The second-order valence-corrected chi connectivity index (χ2v) is 6.17. The third kappa shape index (κ3) is 3.49. The SMILES string of the molecule is COc1cc(C)nc(CS(=O)c2ccc(N)c(Cl)c2)c1. The van der Waals surface area contributed by atoms with Crippen LogP contribution in [0.2, 0.25) is 5.02 Å². The van der Waals surface area contributed by atoms with Crippen molar-refractivity contribution >= 4 is 28.1 Å². The van der Waals surface area contributed by atoms with E-state index in [2.05, 4.69) is 4.98 Å². The van der Waals surface area contributed by atoms with Gasteiger partial charge >= 0.3 is 0 Å². The van der Waals surface area contributed by atoms with Crippen LogP contribution in [0.4, 0.5) is 5.69 Å². The molecule has 0 aliphatic carbocycles. The molecule has 2 aromatic rings. The number of halogens is 1. The van der Waals surface area contributed by atoms with Crippen molar-refractivity contribution < 1.29 is 8.95 Å². The van der Waals surface area contributed by atoms with Gasteiger partial charge in [-0.1, -0.05) is 11.6 Å². The fourth-order valence-electron chi connectivity index (χ4n) is 1.76. The number of nitrogens with zero attached hydrogens (tertiary/aromatic N) is 1. The highest BCUT2D eigenvalue weighted by molar-refractivity contribution is 7.84. The van der Waals surface area contributed by atoms with E-state index in [0.29, 0.717) is 32.8 Å². The first-order chi connectivity index (χ1) is 9.49. The Hall–Kier alpha value is -1.59. The Labute approximate surface area is 125 Å². The molecule has 0 fully saturated rings. The molecule has 0 aliphatic rings. The normalized spacial score (nSPS) is 12.2. The molecule has 1 aromatic heterocycles. The summed E-state index contributed by atoms with van der Waals surface area (Å²) in [5, 5.41) is 0.408. The minimum Gasteiger partial charge on any atom is -0.497 e. The molecule has 2 N–H and O–H groups in total. The van der Waals surface area contributed by atoms with Gasteiger partial charge in [-0.05, 0) is 25.1 Å². The van der Waals surface area contributed by atoms with Crippen LogP contribution in [0.25, 0.3) is 0 Å². The van der Waals surface area contributed by atoms with Gasteiger partial charge in [0.15, 0.2) is 0 Å². The van der Waals surface area contributed by atoms with E-state index in [1.54, 1.807) is 31.4 Å². The summed E-state index contributed by atoms with van der Waals surface area (Å²) in [5.41, 5.74) is 7.66. The fraction of sp³-hybridized carbons (Fsp3) is 0.214. The summed E-state index contributed by atoms with van der Waals surface area (Å²) >= 11 is 5.94. The highest BCUT2D eigenvalue weighted by Crippen LogP contribution is 2.23. The molecule has 1 aromatic carbocycles. The first kappa shape index (κ1) is 14.8. The number of anilines is 1. The van der Waals surface area contributed by atoms with Crippen molar-refractivity contribution in [1.82, 2.24) is 4.98 Å². The predicted molar refractivity (Wildman–Crippen MR) is 81.5 cm³/mol. The molecule has 0 radical (unpaired) electrons. The summed E-state index contributed by atoms with van der Waals surface area (Å²) in [6, 6.07) is 8.60. The molecular formula is C14H15ClN2O2S. The van der Waals surface area contributed by atoms with Crippen LogP contribution >= 0.6 is 11.6 Å². The average Bonchev–Trinajstić information content (AvgIpc) is 2.41. The van der Waals surface area contributed by atoms with Crippen LogP contribution in [0, 0.1) is 6.92 Å². The van der Waals surface area contributed by atoms with Crippen molar-refractivity contribution in [3.8, 4) is 5.75 Å². The van der Waals surface area contributed by atoms with E-state index in [0.717, 1.165) is 5.69 Å². The molecular weight excluding hydrogens is 296 g/mol. The zero-order chi connectivity index (χ0) is 14.7. The van der Waals surface area contributed by atoms with E-state index >= 15 is 0 Å². The number of nitrogen functional groups attached to an aromatic ring is 1. The molecule has 0 saturated carbocycles. The van der Waals surface area contributed by atoms with Crippen molar-refractivity contribution in [1.29, 1.82) is 0 Å². The number of ether oxygens (including phenoxy) is 1. The smallest absolute Gasteiger partial charge is 0.122 e. The maximum atomic E-state index is 12.3. The first-order valence-corrected chi connectivity index (χ1v) is 7.64. The van der Waals surface area contributed by atoms with Crippen LogP contribution in [0.15, 0.2) is 35.2 Å². The van der Waals surface area contributed by atoms with Crippen LogP contribution in [0.3, 0.4) is 0 Å².